The van der Waals surface area contributed by atoms with E-state index in [1.54, 1.807) is 0 Å². The fraction of sp³-hybridized carbons (Fsp3) is 0.455. The second kappa shape index (κ2) is 8.07. The molecule has 0 aromatic carbocycles. The summed E-state index contributed by atoms with van der Waals surface area (Å²) in [6.07, 6.45) is 6.54. The summed E-state index contributed by atoms with van der Waals surface area (Å²) in [5.41, 5.74) is 0.904. The van der Waals surface area contributed by atoms with Crippen LogP contribution in [0.15, 0.2) is 29.7 Å². The summed E-state index contributed by atoms with van der Waals surface area (Å²) in [7, 11) is 4.15. The molecule has 1 aromatic rings. The lowest BCUT2D eigenvalue weighted by Gasteiger charge is -2.06. The summed E-state index contributed by atoms with van der Waals surface area (Å²) >= 11 is 0. The molecular formula is C11H18ClN3O. The van der Waals surface area contributed by atoms with Crippen molar-refractivity contribution in [2.45, 2.75) is 13.0 Å². The maximum atomic E-state index is 8.35. The molecule has 0 radical (unpaired) electrons. The monoisotopic (exact) mass is 243 g/mol. The molecule has 0 aliphatic rings. The van der Waals surface area contributed by atoms with E-state index in [9.17, 15) is 0 Å². The van der Waals surface area contributed by atoms with Crippen molar-refractivity contribution in [2.24, 2.45) is 5.16 Å². The molecular weight excluding hydrogens is 226 g/mol. The average Bonchev–Trinajstić information content (AvgIpc) is 2.20. The van der Waals surface area contributed by atoms with Crippen molar-refractivity contribution in [3.63, 3.8) is 0 Å². The molecule has 1 rings (SSSR count). The Morgan fingerprint density at radius 3 is 2.50 bits per heavy atom. The zero-order valence-corrected chi connectivity index (χ0v) is 10.4. The standard InChI is InChI=1S/C11H17N3O.ClH/c1-13(2)6-3-7-14-8-4-11(5-9-14)10-12-15;/h4-5,8-10H,3,6-7H2,1-2H3;1H. The van der Waals surface area contributed by atoms with E-state index in [-0.39, 0.29) is 12.4 Å². The minimum absolute atomic E-state index is 0. The smallest absolute Gasteiger partial charge is 0.169 e. The predicted octanol–water partition coefficient (Wildman–Crippen LogP) is -2.26. The van der Waals surface area contributed by atoms with E-state index in [1.807, 2.05) is 24.5 Å². The fourth-order valence-electron chi connectivity index (χ4n) is 1.34. The zero-order chi connectivity index (χ0) is 11.1. The molecule has 0 saturated heterocycles. The fourth-order valence-corrected chi connectivity index (χ4v) is 1.34. The zero-order valence-electron chi connectivity index (χ0n) is 9.67. The van der Waals surface area contributed by atoms with E-state index in [0.29, 0.717) is 0 Å². The van der Waals surface area contributed by atoms with Crippen LogP contribution in [0.4, 0.5) is 0 Å². The molecule has 0 bridgehead atoms. The molecule has 1 aromatic heterocycles. The molecule has 1 N–H and O–H groups in total. The summed E-state index contributed by atoms with van der Waals surface area (Å²) < 4.78 is 2.12. The Morgan fingerprint density at radius 1 is 1.38 bits per heavy atom. The van der Waals surface area contributed by atoms with Crippen molar-refractivity contribution in [3.8, 4) is 0 Å². The maximum Gasteiger partial charge on any atom is 0.169 e. The van der Waals surface area contributed by atoms with Crippen LogP contribution >= 0.6 is 0 Å². The summed E-state index contributed by atoms with van der Waals surface area (Å²) in [6.45, 7) is 2.10. The van der Waals surface area contributed by atoms with Crippen LogP contribution in [-0.4, -0.2) is 37.0 Å². The van der Waals surface area contributed by atoms with Gasteiger partial charge in [0.15, 0.2) is 12.4 Å². The van der Waals surface area contributed by atoms with Crippen molar-refractivity contribution in [1.82, 2.24) is 4.90 Å². The van der Waals surface area contributed by atoms with Crippen LogP contribution in [0.1, 0.15) is 12.0 Å². The van der Waals surface area contributed by atoms with Crippen LogP contribution in [0.2, 0.25) is 0 Å². The van der Waals surface area contributed by atoms with Crippen LogP contribution in [0.3, 0.4) is 0 Å². The van der Waals surface area contributed by atoms with Gasteiger partial charge in [-0.2, -0.15) is 0 Å². The molecule has 16 heavy (non-hydrogen) atoms. The Hall–Kier alpha value is -1.13. The van der Waals surface area contributed by atoms with Gasteiger partial charge in [-0.25, -0.2) is 4.57 Å². The van der Waals surface area contributed by atoms with Gasteiger partial charge in [-0.1, -0.05) is 5.16 Å². The number of halogens is 1. The van der Waals surface area contributed by atoms with Crippen molar-refractivity contribution < 1.29 is 22.2 Å². The molecule has 0 amide bonds. The van der Waals surface area contributed by atoms with Gasteiger partial charge in [-0.15, -0.1) is 0 Å². The van der Waals surface area contributed by atoms with Gasteiger partial charge in [-0.05, 0) is 14.1 Å². The van der Waals surface area contributed by atoms with E-state index < -0.39 is 0 Å². The number of pyridine rings is 1. The van der Waals surface area contributed by atoms with Crippen LogP contribution in [0.5, 0.6) is 0 Å². The topological polar surface area (TPSA) is 39.7 Å². The lowest BCUT2D eigenvalue weighted by molar-refractivity contribution is -0.697. The number of aromatic nitrogens is 1. The summed E-state index contributed by atoms with van der Waals surface area (Å²) in [6, 6.07) is 3.85. The van der Waals surface area contributed by atoms with Crippen molar-refractivity contribution in [3.05, 3.63) is 30.1 Å². The normalized spacial score (nSPS) is 10.7. The lowest BCUT2D eigenvalue weighted by atomic mass is 10.3. The first-order valence-corrected chi connectivity index (χ1v) is 5.03. The van der Waals surface area contributed by atoms with Crippen molar-refractivity contribution in [1.29, 1.82) is 0 Å². The van der Waals surface area contributed by atoms with E-state index in [2.05, 4.69) is 28.7 Å². The van der Waals surface area contributed by atoms with Gasteiger partial charge in [-0.3, -0.25) is 0 Å². The van der Waals surface area contributed by atoms with E-state index >= 15 is 0 Å². The third-order valence-corrected chi connectivity index (χ3v) is 2.15. The molecule has 0 aliphatic carbocycles. The van der Waals surface area contributed by atoms with Crippen molar-refractivity contribution in [2.75, 3.05) is 20.6 Å². The van der Waals surface area contributed by atoms with Crippen molar-refractivity contribution >= 4 is 6.21 Å². The SMILES string of the molecule is CN(C)CCC[n+]1ccc(/C=N\O)cc1.[Cl-]. The minimum atomic E-state index is 0. The third-order valence-electron chi connectivity index (χ3n) is 2.15. The second-order valence-corrected chi connectivity index (χ2v) is 3.77. The van der Waals surface area contributed by atoms with Gasteiger partial charge in [0.05, 0.1) is 6.21 Å². The molecule has 0 aliphatic heterocycles. The number of rotatable bonds is 5. The van der Waals surface area contributed by atoms with Crippen LogP contribution in [0.25, 0.3) is 0 Å². The van der Waals surface area contributed by atoms with Gasteiger partial charge < -0.3 is 22.5 Å². The lowest BCUT2D eigenvalue weighted by Crippen LogP contribution is -3.00. The summed E-state index contributed by atoms with van der Waals surface area (Å²) in [4.78, 5) is 2.17. The first-order valence-electron chi connectivity index (χ1n) is 5.03. The number of hydrogen-bond acceptors (Lipinski definition) is 3. The molecule has 90 valence electrons. The van der Waals surface area contributed by atoms with Gasteiger partial charge >= 0.3 is 0 Å². The average molecular weight is 244 g/mol. The summed E-state index contributed by atoms with van der Waals surface area (Å²) in [5.74, 6) is 0. The maximum absolute atomic E-state index is 8.35. The highest BCUT2D eigenvalue weighted by Crippen LogP contribution is 1.91. The molecule has 0 unspecified atom stereocenters. The highest BCUT2D eigenvalue weighted by Gasteiger charge is 2.00. The molecule has 5 heteroatoms. The van der Waals surface area contributed by atoms with Gasteiger partial charge in [0.2, 0.25) is 0 Å². The quantitative estimate of drug-likeness (QED) is 0.275. The third kappa shape index (κ3) is 5.68. The number of oxime groups is 1. The minimum Gasteiger partial charge on any atom is -1.00 e. The first-order chi connectivity index (χ1) is 7.22. The molecule has 0 atom stereocenters. The highest BCUT2D eigenvalue weighted by molar-refractivity contribution is 5.78. The number of hydrogen-bond donors (Lipinski definition) is 1. The van der Waals surface area contributed by atoms with E-state index in [1.165, 1.54) is 6.21 Å². The Morgan fingerprint density at radius 2 is 2.00 bits per heavy atom. The van der Waals surface area contributed by atoms with E-state index in [0.717, 1.165) is 25.1 Å². The van der Waals surface area contributed by atoms with Gasteiger partial charge in [0, 0.05) is 30.7 Å². The Balaban J connectivity index is 0.00000225. The largest absolute Gasteiger partial charge is 1.00 e. The predicted molar refractivity (Wildman–Crippen MR) is 59.2 cm³/mol. The number of aryl methyl sites for hydroxylation is 1. The Bertz CT molecular complexity index is 312. The highest BCUT2D eigenvalue weighted by atomic mass is 35.5. The summed E-state index contributed by atoms with van der Waals surface area (Å²) in [5, 5.41) is 11.3. The first kappa shape index (κ1) is 14.9. The second-order valence-electron chi connectivity index (χ2n) is 3.77. The molecule has 0 saturated carbocycles. The Labute approximate surface area is 103 Å². The van der Waals surface area contributed by atoms with Crippen LogP contribution < -0.4 is 17.0 Å². The number of nitrogens with zero attached hydrogens (tertiary/aromatic N) is 3. The Kier molecular flexibility index (Phi) is 7.50. The van der Waals surface area contributed by atoms with E-state index in [4.69, 9.17) is 5.21 Å². The van der Waals surface area contributed by atoms with Gasteiger partial charge in [0.25, 0.3) is 0 Å². The molecule has 4 nitrogen and oxygen atoms in total. The van der Waals surface area contributed by atoms with Crippen LogP contribution in [-0.2, 0) is 6.54 Å². The molecule has 1 heterocycles. The molecule has 0 spiro atoms. The van der Waals surface area contributed by atoms with Gasteiger partial charge in [0.1, 0.15) is 6.54 Å². The van der Waals surface area contributed by atoms with Crippen LogP contribution in [0, 0.1) is 0 Å². The molecule has 0 fully saturated rings.